The molecule has 1 amide bonds. The Bertz CT molecular complexity index is 422. The molecule has 4 heteroatoms. The molecule has 0 spiro atoms. The fraction of sp³-hybridized carbons (Fsp3) is 0.417. The summed E-state index contributed by atoms with van der Waals surface area (Å²) in [6, 6.07) is 3.44. The van der Waals surface area contributed by atoms with Crippen LogP contribution in [-0.4, -0.2) is 11.0 Å². The third-order valence-electron chi connectivity index (χ3n) is 2.24. The molecular formula is C12H16ClNO2. The normalized spacial score (nSPS) is 11.3. The van der Waals surface area contributed by atoms with Crippen molar-refractivity contribution in [1.82, 2.24) is 0 Å². The Morgan fingerprint density at radius 3 is 2.38 bits per heavy atom. The summed E-state index contributed by atoms with van der Waals surface area (Å²) in [5.74, 6) is -0.224. The molecule has 0 heterocycles. The van der Waals surface area contributed by atoms with Gasteiger partial charge in [0.25, 0.3) is 0 Å². The summed E-state index contributed by atoms with van der Waals surface area (Å²) < 4.78 is 0. The fourth-order valence-electron chi connectivity index (χ4n) is 1.47. The second kappa shape index (κ2) is 4.34. The highest BCUT2D eigenvalue weighted by Gasteiger charge is 2.21. The average Bonchev–Trinajstić information content (AvgIpc) is 2.09. The molecule has 0 aliphatic rings. The SMILES string of the molecule is CC(=O)Nc1c(Cl)ccc(C(C)(C)C)c1O. The van der Waals surface area contributed by atoms with E-state index >= 15 is 0 Å². The van der Waals surface area contributed by atoms with E-state index in [0.29, 0.717) is 5.02 Å². The van der Waals surface area contributed by atoms with Crippen molar-refractivity contribution in [2.75, 3.05) is 5.32 Å². The smallest absolute Gasteiger partial charge is 0.221 e. The third-order valence-corrected chi connectivity index (χ3v) is 2.55. The topological polar surface area (TPSA) is 49.3 Å². The molecule has 0 saturated carbocycles. The average molecular weight is 242 g/mol. The number of aromatic hydroxyl groups is 1. The minimum atomic E-state index is -0.261. The summed E-state index contributed by atoms with van der Waals surface area (Å²) >= 11 is 5.92. The minimum Gasteiger partial charge on any atom is -0.505 e. The quantitative estimate of drug-likeness (QED) is 0.742. The largest absolute Gasteiger partial charge is 0.505 e. The van der Waals surface area contributed by atoms with Crippen molar-refractivity contribution < 1.29 is 9.90 Å². The second-order valence-electron chi connectivity index (χ2n) is 4.75. The van der Waals surface area contributed by atoms with Gasteiger partial charge in [0.05, 0.1) is 5.02 Å². The Morgan fingerprint density at radius 2 is 1.94 bits per heavy atom. The van der Waals surface area contributed by atoms with Crippen LogP contribution in [0, 0.1) is 0 Å². The number of carbonyl (C=O) groups is 1. The lowest BCUT2D eigenvalue weighted by Gasteiger charge is -2.22. The van der Waals surface area contributed by atoms with E-state index in [2.05, 4.69) is 5.32 Å². The maximum Gasteiger partial charge on any atom is 0.221 e. The molecule has 2 N–H and O–H groups in total. The molecule has 0 saturated heterocycles. The van der Waals surface area contributed by atoms with Crippen LogP contribution in [0.4, 0.5) is 5.69 Å². The number of hydrogen-bond acceptors (Lipinski definition) is 2. The molecule has 1 aromatic carbocycles. The number of rotatable bonds is 1. The number of nitrogens with one attached hydrogen (secondary N) is 1. The first-order valence-electron chi connectivity index (χ1n) is 5.03. The second-order valence-corrected chi connectivity index (χ2v) is 5.16. The van der Waals surface area contributed by atoms with Crippen LogP contribution in [0.3, 0.4) is 0 Å². The molecular weight excluding hydrogens is 226 g/mol. The van der Waals surface area contributed by atoms with E-state index in [9.17, 15) is 9.90 Å². The molecule has 0 unspecified atom stereocenters. The van der Waals surface area contributed by atoms with Crippen LogP contribution in [0.1, 0.15) is 33.3 Å². The third kappa shape index (κ3) is 2.67. The maximum absolute atomic E-state index is 11.0. The van der Waals surface area contributed by atoms with Gasteiger partial charge in [0.15, 0.2) is 0 Å². The lowest BCUT2D eigenvalue weighted by Crippen LogP contribution is -2.13. The number of phenolic OH excluding ortho intramolecular Hbond substituents is 1. The standard InChI is InChI=1S/C12H16ClNO2/c1-7(15)14-10-9(13)6-5-8(11(10)16)12(2,3)4/h5-6,16H,1-4H3,(H,14,15). The number of carbonyl (C=O) groups excluding carboxylic acids is 1. The van der Waals surface area contributed by atoms with Crippen LogP contribution in [0.2, 0.25) is 5.02 Å². The van der Waals surface area contributed by atoms with Gasteiger partial charge in [-0.2, -0.15) is 0 Å². The summed E-state index contributed by atoms with van der Waals surface area (Å²) in [6.07, 6.45) is 0. The summed E-state index contributed by atoms with van der Waals surface area (Å²) in [6.45, 7) is 7.31. The number of benzene rings is 1. The van der Waals surface area contributed by atoms with Crippen molar-refractivity contribution in [3.05, 3.63) is 22.7 Å². The molecule has 1 rings (SSSR count). The molecule has 88 valence electrons. The molecule has 16 heavy (non-hydrogen) atoms. The molecule has 0 aliphatic heterocycles. The van der Waals surface area contributed by atoms with Crippen LogP contribution < -0.4 is 5.32 Å². The zero-order chi connectivity index (χ0) is 12.5. The maximum atomic E-state index is 11.0. The minimum absolute atomic E-state index is 0.0372. The Hall–Kier alpha value is -1.22. The van der Waals surface area contributed by atoms with Crippen LogP contribution >= 0.6 is 11.6 Å². The van der Waals surface area contributed by atoms with Crippen LogP contribution in [0.5, 0.6) is 5.75 Å². The molecule has 1 aromatic rings. The van der Waals surface area contributed by atoms with Gasteiger partial charge < -0.3 is 10.4 Å². The van der Waals surface area contributed by atoms with E-state index in [4.69, 9.17) is 11.6 Å². The molecule has 0 radical (unpaired) electrons. The van der Waals surface area contributed by atoms with E-state index in [1.165, 1.54) is 6.92 Å². The first kappa shape index (κ1) is 12.8. The lowest BCUT2D eigenvalue weighted by atomic mass is 9.86. The number of anilines is 1. The van der Waals surface area contributed by atoms with E-state index in [1.54, 1.807) is 12.1 Å². The van der Waals surface area contributed by atoms with Gasteiger partial charge in [-0.25, -0.2) is 0 Å². The Labute approximate surface area is 100 Å². The molecule has 0 fully saturated rings. The van der Waals surface area contributed by atoms with Crippen molar-refractivity contribution in [2.24, 2.45) is 0 Å². The van der Waals surface area contributed by atoms with Gasteiger partial charge in [-0.1, -0.05) is 38.4 Å². The van der Waals surface area contributed by atoms with Crippen LogP contribution in [0.25, 0.3) is 0 Å². The van der Waals surface area contributed by atoms with Crippen molar-refractivity contribution in [3.8, 4) is 5.75 Å². The molecule has 0 bridgehead atoms. The summed E-state index contributed by atoms with van der Waals surface area (Å²) in [4.78, 5) is 11.0. The highest BCUT2D eigenvalue weighted by molar-refractivity contribution is 6.34. The Morgan fingerprint density at radius 1 is 1.38 bits per heavy atom. The first-order valence-corrected chi connectivity index (χ1v) is 5.41. The van der Waals surface area contributed by atoms with E-state index in [1.807, 2.05) is 20.8 Å². The van der Waals surface area contributed by atoms with Gasteiger partial charge in [-0.3, -0.25) is 4.79 Å². The fourth-order valence-corrected chi connectivity index (χ4v) is 1.67. The van der Waals surface area contributed by atoms with E-state index in [0.717, 1.165) is 5.56 Å². The summed E-state index contributed by atoms with van der Waals surface area (Å²) in [5.41, 5.74) is 0.823. The van der Waals surface area contributed by atoms with Gasteiger partial charge in [0.2, 0.25) is 5.91 Å². The van der Waals surface area contributed by atoms with Crippen LogP contribution in [-0.2, 0) is 10.2 Å². The molecule has 0 aliphatic carbocycles. The Balaban J connectivity index is 3.33. The summed E-state index contributed by atoms with van der Waals surface area (Å²) in [7, 11) is 0. The van der Waals surface area contributed by atoms with E-state index < -0.39 is 0 Å². The predicted molar refractivity (Wildman–Crippen MR) is 66.1 cm³/mol. The zero-order valence-corrected chi connectivity index (χ0v) is 10.6. The lowest BCUT2D eigenvalue weighted by molar-refractivity contribution is -0.114. The van der Waals surface area contributed by atoms with Gasteiger partial charge in [0, 0.05) is 12.5 Å². The highest BCUT2D eigenvalue weighted by atomic mass is 35.5. The van der Waals surface area contributed by atoms with Crippen molar-refractivity contribution >= 4 is 23.2 Å². The number of phenols is 1. The first-order chi connectivity index (χ1) is 7.23. The van der Waals surface area contributed by atoms with E-state index in [-0.39, 0.29) is 22.8 Å². The van der Waals surface area contributed by atoms with Gasteiger partial charge in [-0.05, 0) is 11.5 Å². The van der Waals surface area contributed by atoms with Crippen LogP contribution in [0.15, 0.2) is 12.1 Å². The highest BCUT2D eigenvalue weighted by Crippen LogP contribution is 2.40. The number of amides is 1. The van der Waals surface area contributed by atoms with Gasteiger partial charge in [0.1, 0.15) is 11.4 Å². The van der Waals surface area contributed by atoms with Gasteiger partial charge in [-0.15, -0.1) is 0 Å². The number of halogens is 1. The predicted octanol–water partition coefficient (Wildman–Crippen LogP) is 3.30. The molecule has 3 nitrogen and oxygen atoms in total. The molecule has 0 aromatic heterocycles. The zero-order valence-electron chi connectivity index (χ0n) is 9.89. The number of hydrogen-bond donors (Lipinski definition) is 2. The molecule has 0 atom stereocenters. The monoisotopic (exact) mass is 241 g/mol. The van der Waals surface area contributed by atoms with Crippen molar-refractivity contribution in [2.45, 2.75) is 33.1 Å². The Kier molecular flexibility index (Phi) is 3.48. The summed E-state index contributed by atoms with van der Waals surface area (Å²) in [5, 5.41) is 12.9. The van der Waals surface area contributed by atoms with Crippen molar-refractivity contribution in [1.29, 1.82) is 0 Å². The van der Waals surface area contributed by atoms with Gasteiger partial charge >= 0.3 is 0 Å². The van der Waals surface area contributed by atoms with Crippen molar-refractivity contribution in [3.63, 3.8) is 0 Å².